The lowest BCUT2D eigenvalue weighted by Gasteiger charge is -2.40. The molecule has 0 aliphatic carbocycles. The molecule has 5 aromatic rings. The largest absolute Gasteiger partial charge is 0.494 e. The molecule has 0 N–H and O–H groups in total. The zero-order valence-corrected chi connectivity index (χ0v) is 33.8. The molecule has 1 fully saturated rings. The number of unbranched alkanes of at least 4 members (excludes halogenated alkanes) is 1. The van der Waals surface area contributed by atoms with E-state index in [-0.39, 0.29) is 24.8 Å². The Hall–Kier alpha value is -3.83. The fourth-order valence-corrected chi connectivity index (χ4v) is 7.31. The molecule has 0 amide bonds. The van der Waals surface area contributed by atoms with Crippen molar-refractivity contribution < 1.29 is 4.74 Å². The first-order chi connectivity index (χ1) is 24.2. The number of rotatable bonds is 12. The van der Waals surface area contributed by atoms with Gasteiger partial charge in [-0.3, -0.25) is 9.88 Å². The van der Waals surface area contributed by atoms with Gasteiger partial charge in [-0.05, 0) is 171 Å². The van der Waals surface area contributed by atoms with Crippen molar-refractivity contribution in [1.82, 2.24) is 9.88 Å². The van der Waals surface area contributed by atoms with Crippen LogP contribution in [0.25, 0.3) is 22.4 Å². The summed E-state index contributed by atoms with van der Waals surface area (Å²) in [5.74, 6) is 0.950. The Labute approximate surface area is 325 Å². The summed E-state index contributed by atoms with van der Waals surface area (Å²) in [7, 11) is 0. The normalized spacial score (nSPS) is 13.3. The van der Waals surface area contributed by atoms with Crippen LogP contribution in [-0.4, -0.2) is 35.6 Å². The van der Waals surface area contributed by atoms with E-state index in [4.69, 9.17) is 9.72 Å². The molecule has 4 aromatic carbocycles. The maximum atomic E-state index is 6.03. The van der Waals surface area contributed by atoms with Crippen molar-refractivity contribution >= 4 is 30.5 Å². The number of aromatic nitrogens is 1. The Kier molecular flexibility index (Phi) is 14.8. The second-order valence-electron chi connectivity index (χ2n) is 14.6. The topological polar surface area (TPSA) is 28.6 Å². The lowest BCUT2D eigenvalue weighted by atomic mass is 9.95. The highest BCUT2D eigenvalue weighted by atomic mass is 35.5. The van der Waals surface area contributed by atoms with Crippen molar-refractivity contribution in [3.8, 4) is 28.1 Å². The van der Waals surface area contributed by atoms with Crippen LogP contribution in [0, 0.1) is 41.5 Å². The van der Waals surface area contributed by atoms with Gasteiger partial charge in [0, 0.05) is 49.7 Å². The van der Waals surface area contributed by atoms with Crippen molar-refractivity contribution in [1.29, 1.82) is 0 Å². The molecular formula is C46H57Cl2N3O. The van der Waals surface area contributed by atoms with E-state index in [1.807, 2.05) is 6.20 Å². The van der Waals surface area contributed by atoms with Crippen LogP contribution in [-0.2, 0) is 13.1 Å². The molecular weight excluding hydrogens is 681 g/mol. The van der Waals surface area contributed by atoms with Gasteiger partial charge in [0.15, 0.2) is 0 Å². The van der Waals surface area contributed by atoms with Crippen molar-refractivity contribution in [2.45, 2.75) is 93.3 Å². The molecule has 1 aromatic heterocycles. The zero-order valence-electron chi connectivity index (χ0n) is 32.2. The minimum atomic E-state index is 0. The molecule has 1 saturated heterocycles. The molecule has 0 atom stereocenters. The quantitative estimate of drug-likeness (QED) is 0.119. The van der Waals surface area contributed by atoms with Crippen LogP contribution in [0.5, 0.6) is 5.75 Å². The molecule has 1 aliphatic rings. The second-order valence-corrected chi connectivity index (χ2v) is 14.6. The fourth-order valence-electron chi connectivity index (χ4n) is 7.31. The van der Waals surface area contributed by atoms with Crippen LogP contribution in [0.1, 0.15) is 77.1 Å². The van der Waals surface area contributed by atoms with Crippen LogP contribution in [0.3, 0.4) is 0 Å². The molecule has 4 nitrogen and oxygen atoms in total. The highest BCUT2D eigenvalue weighted by Crippen LogP contribution is 2.31. The Morgan fingerprint density at radius 2 is 1.31 bits per heavy atom. The van der Waals surface area contributed by atoms with Crippen LogP contribution < -0.4 is 9.64 Å². The van der Waals surface area contributed by atoms with Crippen molar-refractivity contribution in [2.24, 2.45) is 0 Å². The Bertz CT molecular complexity index is 1870. The van der Waals surface area contributed by atoms with Crippen molar-refractivity contribution in [3.63, 3.8) is 0 Å². The Morgan fingerprint density at radius 3 is 1.92 bits per heavy atom. The molecule has 6 heteroatoms. The van der Waals surface area contributed by atoms with Crippen LogP contribution in [0.4, 0.5) is 5.69 Å². The third-order valence-corrected chi connectivity index (χ3v) is 10.9. The molecule has 0 bridgehead atoms. The Morgan fingerprint density at radius 1 is 0.692 bits per heavy atom. The van der Waals surface area contributed by atoms with Crippen LogP contribution >= 0.6 is 24.8 Å². The first-order valence-electron chi connectivity index (χ1n) is 18.6. The summed E-state index contributed by atoms with van der Waals surface area (Å²) in [6, 6.07) is 32.1. The molecule has 52 heavy (non-hydrogen) atoms. The summed E-state index contributed by atoms with van der Waals surface area (Å²) >= 11 is 0. The molecule has 6 rings (SSSR count). The third kappa shape index (κ3) is 9.98. The Balaban J connectivity index is 0.00000302. The summed E-state index contributed by atoms with van der Waals surface area (Å²) in [6.07, 6.45) is 6.44. The van der Waals surface area contributed by atoms with E-state index < -0.39 is 0 Å². The van der Waals surface area contributed by atoms with Gasteiger partial charge in [-0.2, -0.15) is 0 Å². The third-order valence-electron chi connectivity index (χ3n) is 10.9. The van der Waals surface area contributed by atoms with Gasteiger partial charge < -0.3 is 9.64 Å². The maximum absolute atomic E-state index is 6.03. The molecule has 0 saturated carbocycles. The highest BCUT2D eigenvalue weighted by molar-refractivity contribution is 5.85. The van der Waals surface area contributed by atoms with Gasteiger partial charge in [-0.1, -0.05) is 43.7 Å². The van der Waals surface area contributed by atoms with E-state index in [2.05, 4.69) is 143 Å². The van der Waals surface area contributed by atoms with Crippen LogP contribution in [0.2, 0.25) is 0 Å². The number of anilines is 1. The van der Waals surface area contributed by atoms with E-state index in [0.29, 0.717) is 6.04 Å². The monoisotopic (exact) mass is 737 g/mol. The fraction of sp³-hybridized carbons (Fsp3) is 0.370. The van der Waals surface area contributed by atoms with Gasteiger partial charge in [0.1, 0.15) is 5.75 Å². The summed E-state index contributed by atoms with van der Waals surface area (Å²) in [5.41, 5.74) is 16.9. The molecule has 0 spiro atoms. The molecule has 0 unspecified atom stereocenters. The number of nitrogens with zero attached hydrogens (tertiary/aromatic N) is 3. The highest BCUT2D eigenvalue weighted by Gasteiger charge is 2.26. The summed E-state index contributed by atoms with van der Waals surface area (Å²) in [5, 5.41) is 0. The number of hydrogen-bond donors (Lipinski definition) is 0. The van der Waals surface area contributed by atoms with Gasteiger partial charge in [0.2, 0.25) is 0 Å². The van der Waals surface area contributed by atoms with E-state index in [9.17, 15) is 0 Å². The molecule has 0 radical (unpaired) electrons. The minimum absolute atomic E-state index is 0. The number of halogens is 2. The lowest BCUT2D eigenvalue weighted by molar-refractivity contribution is 0.201. The number of benzene rings is 4. The number of pyridine rings is 1. The SMILES string of the molecule is CCCCOc1ccc(N(Cc2ccnc(-c3cc(C)c(C)c(C)c3)c2)C2CCN(Cc3cccc(-c4cc(C)c(C)c(C)c4)c3)CC2)cc1.Cl.Cl. The first kappa shape index (κ1) is 40.9. The van der Waals surface area contributed by atoms with Crippen LogP contribution in [0.15, 0.2) is 91.1 Å². The molecule has 1 aliphatic heterocycles. The maximum Gasteiger partial charge on any atom is 0.119 e. The number of ether oxygens (including phenoxy) is 1. The summed E-state index contributed by atoms with van der Waals surface area (Å²) in [6.45, 7) is 20.2. The number of aryl methyl sites for hydroxylation is 4. The van der Waals surface area contributed by atoms with Crippen molar-refractivity contribution in [2.75, 3.05) is 24.6 Å². The van der Waals surface area contributed by atoms with Gasteiger partial charge in [0.25, 0.3) is 0 Å². The van der Waals surface area contributed by atoms with Gasteiger partial charge in [-0.25, -0.2) is 0 Å². The predicted octanol–water partition coefficient (Wildman–Crippen LogP) is 12.0. The van der Waals surface area contributed by atoms with E-state index in [0.717, 1.165) is 69.9 Å². The predicted molar refractivity (Wildman–Crippen MR) is 226 cm³/mol. The van der Waals surface area contributed by atoms with E-state index in [1.54, 1.807) is 0 Å². The smallest absolute Gasteiger partial charge is 0.119 e. The number of piperidine rings is 1. The molecule has 276 valence electrons. The second kappa shape index (κ2) is 18.8. The number of hydrogen-bond acceptors (Lipinski definition) is 4. The average molecular weight is 739 g/mol. The minimum Gasteiger partial charge on any atom is -0.494 e. The summed E-state index contributed by atoms with van der Waals surface area (Å²) < 4.78 is 6.03. The van der Waals surface area contributed by atoms with Gasteiger partial charge in [0.05, 0.1) is 12.3 Å². The number of likely N-dealkylation sites (tertiary alicyclic amines) is 1. The van der Waals surface area contributed by atoms with E-state index in [1.165, 1.54) is 66.9 Å². The summed E-state index contributed by atoms with van der Waals surface area (Å²) in [4.78, 5) is 10.1. The average Bonchev–Trinajstić information content (AvgIpc) is 3.12. The zero-order chi connectivity index (χ0) is 35.2. The first-order valence-corrected chi connectivity index (χ1v) is 18.6. The lowest BCUT2D eigenvalue weighted by Crippen LogP contribution is -2.44. The molecule has 2 heterocycles. The van der Waals surface area contributed by atoms with Gasteiger partial charge >= 0.3 is 0 Å². The van der Waals surface area contributed by atoms with Gasteiger partial charge in [-0.15, -0.1) is 24.8 Å². The standard InChI is InChI=1S/C46H55N3O.2ClH/c1-8-9-23-50-45-15-13-43(14-16-45)49(31-39-17-20-47-46(29-39)42-26-34(4)37(7)35(5)27-42)44-18-21-48(22-19-44)30-38-11-10-12-40(28-38)41-24-32(2)36(6)33(3)25-41;;/h10-17,20,24-29,44H,8-9,18-19,21-23,30-31H2,1-7H3;2*1H. The van der Waals surface area contributed by atoms with E-state index >= 15 is 0 Å². The van der Waals surface area contributed by atoms with Crippen molar-refractivity contribution in [3.05, 3.63) is 136 Å².